The number of urea groups is 1. The van der Waals surface area contributed by atoms with Gasteiger partial charge in [0.15, 0.2) is 0 Å². The lowest BCUT2D eigenvalue weighted by Gasteiger charge is -2.08. The first kappa shape index (κ1) is 16.3. The Kier molecular flexibility index (Phi) is 4.14. The minimum absolute atomic E-state index is 0.305. The van der Waals surface area contributed by atoms with E-state index in [1.165, 1.54) is 0 Å². The number of para-hydroxylation sites is 1. The maximum Gasteiger partial charge on any atom is 0.324 e. The van der Waals surface area contributed by atoms with Crippen molar-refractivity contribution in [3.05, 3.63) is 60.3 Å². The van der Waals surface area contributed by atoms with Gasteiger partial charge >= 0.3 is 6.03 Å². The highest BCUT2D eigenvalue weighted by atomic mass is 32.1. The topological polar surface area (TPSA) is 71.8 Å². The summed E-state index contributed by atoms with van der Waals surface area (Å²) in [7, 11) is 1.79. The number of rotatable bonds is 3. The third-order valence-corrected chi connectivity index (χ3v) is 5.01. The molecule has 2 aromatic carbocycles. The molecule has 0 fully saturated rings. The molecule has 2 heterocycles. The van der Waals surface area contributed by atoms with Crippen molar-refractivity contribution >= 4 is 39.1 Å². The molecule has 130 valence electrons. The van der Waals surface area contributed by atoms with E-state index >= 15 is 0 Å². The van der Waals surface area contributed by atoms with Gasteiger partial charge in [0.2, 0.25) is 0 Å². The number of amides is 2. The van der Waals surface area contributed by atoms with E-state index in [2.05, 4.69) is 26.8 Å². The number of carbonyl (C=O) groups is 1. The minimum Gasteiger partial charge on any atom is -0.308 e. The smallest absolute Gasteiger partial charge is 0.308 e. The molecule has 0 atom stereocenters. The summed E-state index contributed by atoms with van der Waals surface area (Å²) in [5.74, 6) is 0.645. The van der Waals surface area contributed by atoms with Gasteiger partial charge in [-0.25, -0.2) is 9.78 Å². The Hall–Kier alpha value is -3.19. The number of aryl methyl sites for hydroxylation is 2. The Balaban J connectivity index is 1.47. The lowest BCUT2D eigenvalue weighted by molar-refractivity contribution is 0.262. The third kappa shape index (κ3) is 3.29. The standard InChI is InChI=1S/C19H17N5OS/c1-12-11-17(24(2)23-12)22-19(25)20-14-9-7-13(8-10-14)18-21-15-5-3-4-6-16(15)26-18/h3-11H,1-2H3,(H2,20,22,25). The Morgan fingerprint density at radius 2 is 1.85 bits per heavy atom. The summed E-state index contributed by atoms with van der Waals surface area (Å²) in [4.78, 5) is 16.8. The van der Waals surface area contributed by atoms with Gasteiger partial charge in [0.05, 0.1) is 15.9 Å². The van der Waals surface area contributed by atoms with Gasteiger partial charge < -0.3 is 5.32 Å². The van der Waals surface area contributed by atoms with E-state index in [0.717, 1.165) is 26.5 Å². The summed E-state index contributed by atoms with van der Waals surface area (Å²) in [6.45, 7) is 1.88. The Labute approximate surface area is 154 Å². The molecule has 6 nitrogen and oxygen atoms in total. The van der Waals surface area contributed by atoms with Gasteiger partial charge in [-0.05, 0) is 43.3 Å². The molecule has 7 heteroatoms. The van der Waals surface area contributed by atoms with Crippen molar-refractivity contribution in [2.45, 2.75) is 6.92 Å². The molecule has 2 aromatic heterocycles. The minimum atomic E-state index is -0.305. The van der Waals surface area contributed by atoms with E-state index in [0.29, 0.717) is 11.5 Å². The molecule has 2 N–H and O–H groups in total. The van der Waals surface area contributed by atoms with Crippen LogP contribution in [0, 0.1) is 6.92 Å². The molecule has 0 radical (unpaired) electrons. The van der Waals surface area contributed by atoms with Crippen LogP contribution in [0.3, 0.4) is 0 Å². The van der Waals surface area contributed by atoms with Crippen LogP contribution in [0.5, 0.6) is 0 Å². The zero-order chi connectivity index (χ0) is 18.1. The second kappa shape index (κ2) is 6.61. The molecule has 4 aromatic rings. The van der Waals surface area contributed by atoms with Gasteiger partial charge in [0.1, 0.15) is 10.8 Å². The zero-order valence-corrected chi connectivity index (χ0v) is 15.2. The molecular formula is C19H17N5OS. The number of nitrogens with one attached hydrogen (secondary N) is 2. The van der Waals surface area contributed by atoms with Crippen LogP contribution in [0.25, 0.3) is 20.8 Å². The third-order valence-electron chi connectivity index (χ3n) is 3.93. The average molecular weight is 363 g/mol. The van der Waals surface area contributed by atoms with Gasteiger partial charge in [0, 0.05) is 24.4 Å². The second-order valence-electron chi connectivity index (χ2n) is 5.94. The summed E-state index contributed by atoms with van der Waals surface area (Å²) in [6, 6.07) is 17.2. The lowest BCUT2D eigenvalue weighted by atomic mass is 10.2. The number of thiazole rings is 1. The van der Waals surface area contributed by atoms with Crippen molar-refractivity contribution in [3.63, 3.8) is 0 Å². The van der Waals surface area contributed by atoms with Gasteiger partial charge in [-0.15, -0.1) is 11.3 Å². The molecule has 4 rings (SSSR count). The summed E-state index contributed by atoms with van der Waals surface area (Å²) < 4.78 is 2.79. The van der Waals surface area contributed by atoms with E-state index in [1.807, 2.05) is 55.5 Å². The Morgan fingerprint density at radius 1 is 1.08 bits per heavy atom. The van der Waals surface area contributed by atoms with Gasteiger partial charge in [-0.3, -0.25) is 10.00 Å². The zero-order valence-electron chi connectivity index (χ0n) is 14.4. The molecule has 2 amide bonds. The molecule has 26 heavy (non-hydrogen) atoms. The van der Waals surface area contributed by atoms with Crippen LogP contribution >= 0.6 is 11.3 Å². The fourth-order valence-corrected chi connectivity index (χ4v) is 3.67. The SMILES string of the molecule is Cc1cc(NC(=O)Nc2ccc(-c3nc4ccccc4s3)cc2)n(C)n1. The normalized spacial score (nSPS) is 10.8. The molecule has 0 aliphatic heterocycles. The first-order chi connectivity index (χ1) is 12.6. The van der Waals surface area contributed by atoms with E-state index in [-0.39, 0.29) is 6.03 Å². The number of hydrogen-bond acceptors (Lipinski definition) is 4. The van der Waals surface area contributed by atoms with Crippen molar-refractivity contribution in [2.24, 2.45) is 7.05 Å². The van der Waals surface area contributed by atoms with E-state index in [9.17, 15) is 4.79 Å². The fraction of sp³-hybridized carbons (Fsp3) is 0.105. The highest BCUT2D eigenvalue weighted by Crippen LogP contribution is 2.30. The molecule has 0 bridgehead atoms. The maximum atomic E-state index is 12.1. The maximum absolute atomic E-state index is 12.1. The second-order valence-corrected chi connectivity index (χ2v) is 6.97. The first-order valence-electron chi connectivity index (χ1n) is 8.13. The summed E-state index contributed by atoms with van der Waals surface area (Å²) in [5, 5.41) is 10.8. The van der Waals surface area contributed by atoms with E-state index < -0.39 is 0 Å². The molecule has 0 aliphatic rings. The highest BCUT2D eigenvalue weighted by Gasteiger charge is 2.09. The van der Waals surface area contributed by atoms with Crippen molar-refractivity contribution in [3.8, 4) is 10.6 Å². The average Bonchev–Trinajstić information content (AvgIpc) is 3.18. The van der Waals surface area contributed by atoms with Gasteiger partial charge in [-0.1, -0.05) is 12.1 Å². The Morgan fingerprint density at radius 3 is 2.54 bits per heavy atom. The molecule has 0 spiro atoms. The largest absolute Gasteiger partial charge is 0.324 e. The van der Waals surface area contributed by atoms with Crippen molar-refractivity contribution in [2.75, 3.05) is 10.6 Å². The van der Waals surface area contributed by atoms with Crippen molar-refractivity contribution in [1.29, 1.82) is 0 Å². The molecule has 0 saturated heterocycles. The van der Waals surface area contributed by atoms with Crippen molar-refractivity contribution < 1.29 is 4.79 Å². The molecule has 0 aliphatic carbocycles. The van der Waals surface area contributed by atoms with Crippen LogP contribution in [0.4, 0.5) is 16.3 Å². The van der Waals surface area contributed by atoms with Crippen LogP contribution in [-0.4, -0.2) is 20.8 Å². The number of hydrogen-bond donors (Lipinski definition) is 2. The fourth-order valence-electron chi connectivity index (χ4n) is 2.70. The number of anilines is 2. The molecule has 0 unspecified atom stereocenters. The number of fused-ring (bicyclic) bond motifs is 1. The summed E-state index contributed by atoms with van der Waals surface area (Å²) in [6.07, 6.45) is 0. The van der Waals surface area contributed by atoms with E-state index in [1.54, 1.807) is 23.1 Å². The lowest BCUT2D eigenvalue weighted by Crippen LogP contribution is -2.20. The van der Waals surface area contributed by atoms with E-state index in [4.69, 9.17) is 0 Å². The number of carbonyl (C=O) groups excluding carboxylic acids is 1. The van der Waals surface area contributed by atoms with Crippen LogP contribution in [0.1, 0.15) is 5.69 Å². The van der Waals surface area contributed by atoms with Crippen LogP contribution < -0.4 is 10.6 Å². The van der Waals surface area contributed by atoms with Crippen molar-refractivity contribution in [1.82, 2.24) is 14.8 Å². The highest BCUT2D eigenvalue weighted by molar-refractivity contribution is 7.21. The quantitative estimate of drug-likeness (QED) is 0.556. The van der Waals surface area contributed by atoms with Crippen LogP contribution in [0.15, 0.2) is 54.6 Å². The summed E-state index contributed by atoms with van der Waals surface area (Å²) >= 11 is 1.66. The number of benzene rings is 2. The Bertz CT molecular complexity index is 1050. The molecular weight excluding hydrogens is 346 g/mol. The van der Waals surface area contributed by atoms with Crippen LogP contribution in [-0.2, 0) is 7.05 Å². The number of aromatic nitrogens is 3. The first-order valence-corrected chi connectivity index (χ1v) is 8.95. The predicted octanol–water partition coefficient (Wildman–Crippen LogP) is 4.65. The summed E-state index contributed by atoms with van der Waals surface area (Å²) in [5.41, 5.74) is 3.59. The van der Waals surface area contributed by atoms with Gasteiger partial charge in [0.25, 0.3) is 0 Å². The van der Waals surface area contributed by atoms with Crippen LogP contribution in [0.2, 0.25) is 0 Å². The predicted molar refractivity (Wildman–Crippen MR) is 106 cm³/mol. The monoisotopic (exact) mass is 363 g/mol. The molecule has 0 saturated carbocycles. The van der Waals surface area contributed by atoms with Gasteiger partial charge in [-0.2, -0.15) is 5.10 Å². The number of nitrogens with zero attached hydrogens (tertiary/aromatic N) is 3.